The zero-order chi connectivity index (χ0) is 22.9. The lowest BCUT2D eigenvalue weighted by Gasteiger charge is -2.41. The molecule has 2 aromatic carbocycles. The first-order chi connectivity index (χ1) is 14.8. The van der Waals surface area contributed by atoms with E-state index in [1.165, 1.54) is 15.4 Å². The van der Waals surface area contributed by atoms with E-state index in [1.807, 2.05) is 6.07 Å². The minimum absolute atomic E-state index is 0.319. The molecule has 31 heavy (non-hydrogen) atoms. The molecule has 6 nitrogen and oxygen atoms in total. The lowest BCUT2D eigenvalue weighted by Crippen LogP contribution is -2.46. The van der Waals surface area contributed by atoms with Crippen molar-refractivity contribution in [2.45, 2.75) is 47.8 Å². The second-order valence-corrected chi connectivity index (χ2v) is 8.70. The molecule has 0 radical (unpaired) electrons. The molecule has 0 atom stereocenters. The van der Waals surface area contributed by atoms with E-state index >= 15 is 0 Å². The van der Waals surface area contributed by atoms with Crippen LogP contribution in [0.5, 0.6) is 0 Å². The number of aliphatic carboxylic acids is 2. The topological polar surface area (TPSA) is 94.9 Å². The highest BCUT2D eigenvalue weighted by atomic mass is 32.2. The van der Waals surface area contributed by atoms with Crippen LogP contribution >= 0.6 is 11.8 Å². The predicted molar refractivity (Wildman–Crippen MR) is 121 cm³/mol. The van der Waals surface area contributed by atoms with Crippen molar-refractivity contribution in [1.82, 2.24) is 4.90 Å². The molecule has 0 aliphatic carbocycles. The van der Waals surface area contributed by atoms with Crippen LogP contribution in [0.1, 0.15) is 38.2 Å². The summed E-state index contributed by atoms with van der Waals surface area (Å²) in [5.74, 6) is -3.23. The summed E-state index contributed by atoms with van der Waals surface area (Å²) in [6.45, 7) is 4.07. The average molecular weight is 444 g/mol. The molecule has 0 saturated carbocycles. The first kappa shape index (κ1) is 24.6. The van der Waals surface area contributed by atoms with Crippen LogP contribution in [0.2, 0.25) is 0 Å². The highest BCUT2D eigenvalue weighted by Gasteiger charge is 2.42. The average Bonchev–Trinajstić information content (AvgIpc) is 2.76. The minimum atomic E-state index is -1.82. The van der Waals surface area contributed by atoms with Gasteiger partial charge in [0.25, 0.3) is 0 Å². The van der Waals surface area contributed by atoms with Gasteiger partial charge < -0.3 is 15.1 Å². The minimum Gasteiger partial charge on any atom is -0.473 e. The molecule has 1 heterocycles. The molecule has 0 amide bonds. The molecule has 2 N–H and O–H groups in total. The van der Waals surface area contributed by atoms with Gasteiger partial charge in [-0.25, -0.2) is 9.59 Å². The number of ketones is 1. The van der Waals surface area contributed by atoms with E-state index in [2.05, 4.69) is 67.4 Å². The van der Waals surface area contributed by atoms with Crippen molar-refractivity contribution >= 4 is 29.5 Å². The maximum absolute atomic E-state index is 13.2. The molecule has 7 heteroatoms. The van der Waals surface area contributed by atoms with Crippen molar-refractivity contribution in [2.24, 2.45) is 0 Å². The van der Waals surface area contributed by atoms with E-state index in [0.717, 1.165) is 32.4 Å². The summed E-state index contributed by atoms with van der Waals surface area (Å²) < 4.78 is 0. The van der Waals surface area contributed by atoms with Crippen LogP contribution in [-0.4, -0.2) is 53.0 Å². The number of carboxylic acid groups (broad SMARTS) is 2. The summed E-state index contributed by atoms with van der Waals surface area (Å²) in [5, 5.41) is 14.8. The number of hydrogen-bond donors (Lipinski definition) is 2. The van der Waals surface area contributed by atoms with Gasteiger partial charge in [0.05, 0.1) is 5.41 Å². The molecular weight excluding hydrogens is 414 g/mol. The van der Waals surface area contributed by atoms with Gasteiger partial charge in [-0.1, -0.05) is 55.1 Å². The van der Waals surface area contributed by atoms with Crippen LogP contribution in [0.25, 0.3) is 0 Å². The fraction of sp³-hybridized carbons (Fsp3) is 0.375. The summed E-state index contributed by atoms with van der Waals surface area (Å²) in [4.78, 5) is 36.2. The molecule has 166 valence electrons. The predicted octanol–water partition coefficient (Wildman–Crippen LogP) is 4.33. The fourth-order valence-corrected chi connectivity index (χ4v) is 4.80. The number of Topliss-reactive ketones (excluding diaryl/α,β-unsaturated/α-hetero) is 1. The van der Waals surface area contributed by atoms with E-state index in [9.17, 15) is 4.79 Å². The van der Waals surface area contributed by atoms with Crippen LogP contribution in [0.15, 0.2) is 64.4 Å². The van der Waals surface area contributed by atoms with E-state index in [4.69, 9.17) is 19.8 Å². The number of piperidine rings is 1. The Morgan fingerprint density at radius 3 is 2.03 bits per heavy atom. The van der Waals surface area contributed by atoms with Gasteiger partial charge in [0.1, 0.15) is 5.78 Å². The van der Waals surface area contributed by atoms with E-state index in [0.29, 0.717) is 12.2 Å². The Bertz CT molecular complexity index is 880. The highest BCUT2D eigenvalue weighted by Crippen LogP contribution is 2.43. The Morgan fingerprint density at radius 2 is 1.48 bits per heavy atom. The summed E-state index contributed by atoms with van der Waals surface area (Å²) in [6, 6.07) is 19.0. The summed E-state index contributed by atoms with van der Waals surface area (Å²) in [7, 11) is 2.15. The first-order valence-corrected chi connectivity index (χ1v) is 11.1. The number of carbonyl (C=O) groups is 3. The number of likely N-dealkylation sites (tertiary alicyclic amines) is 1. The molecule has 1 fully saturated rings. The van der Waals surface area contributed by atoms with E-state index < -0.39 is 11.9 Å². The number of carboxylic acids is 2. The van der Waals surface area contributed by atoms with Crippen molar-refractivity contribution in [3.05, 3.63) is 60.2 Å². The van der Waals surface area contributed by atoms with Crippen molar-refractivity contribution in [3.63, 3.8) is 0 Å². The Kier molecular flexibility index (Phi) is 9.27. The van der Waals surface area contributed by atoms with Crippen molar-refractivity contribution in [3.8, 4) is 0 Å². The maximum atomic E-state index is 13.2. The summed E-state index contributed by atoms with van der Waals surface area (Å²) in [5.41, 5.74) is 0.913. The van der Waals surface area contributed by atoms with Crippen LogP contribution in [0.3, 0.4) is 0 Å². The monoisotopic (exact) mass is 443 g/mol. The summed E-state index contributed by atoms with van der Waals surface area (Å²) in [6.07, 6.45) is 3.45. The second-order valence-electron chi connectivity index (χ2n) is 7.58. The smallest absolute Gasteiger partial charge is 0.414 e. The SMILES string of the molecule is CCCC(=O)C1(c2ccccc2Sc2ccccc2)CCN(C)CC1.O=C(O)C(=O)O. The van der Waals surface area contributed by atoms with Gasteiger partial charge in [0, 0.05) is 16.2 Å². The third kappa shape index (κ3) is 6.67. The third-order valence-electron chi connectivity index (χ3n) is 5.41. The molecule has 3 rings (SSSR count). The van der Waals surface area contributed by atoms with Crippen molar-refractivity contribution in [1.29, 1.82) is 0 Å². The largest absolute Gasteiger partial charge is 0.473 e. The van der Waals surface area contributed by atoms with Gasteiger partial charge >= 0.3 is 11.9 Å². The van der Waals surface area contributed by atoms with Gasteiger partial charge in [-0.05, 0) is 63.2 Å². The normalized spacial score (nSPS) is 15.4. The quantitative estimate of drug-likeness (QED) is 0.642. The second kappa shape index (κ2) is 11.7. The first-order valence-electron chi connectivity index (χ1n) is 10.3. The Morgan fingerprint density at radius 1 is 0.935 bits per heavy atom. The fourth-order valence-electron chi connectivity index (χ4n) is 3.73. The Hall–Kier alpha value is -2.64. The lowest BCUT2D eigenvalue weighted by molar-refractivity contribution is -0.159. The molecule has 0 unspecified atom stereocenters. The van der Waals surface area contributed by atoms with Crippen LogP contribution < -0.4 is 0 Å². The molecule has 1 aliphatic rings. The number of hydrogen-bond acceptors (Lipinski definition) is 5. The molecule has 0 spiro atoms. The van der Waals surface area contributed by atoms with E-state index in [1.54, 1.807) is 11.8 Å². The van der Waals surface area contributed by atoms with Crippen molar-refractivity contribution < 1.29 is 24.6 Å². The molecule has 1 saturated heterocycles. The zero-order valence-corrected chi connectivity index (χ0v) is 18.7. The standard InChI is InChI=1S/C22H27NOS.C2H2O4/c1-3-9-21(24)22(14-16-23(2)17-15-22)19-12-7-8-13-20(19)25-18-10-5-4-6-11-18;3-1(4)2(5)6/h4-8,10-13H,3,9,14-17H2,1-2H3;(H,3,4)(H,5,6). The van der Waals surface area contributed by atoms with Gasteiger partial charge in [-0.2, -0.15) is 0 Å². The number of rotatable bonds is 6. The molecule has 0 bridgehead atoms. The van der Waals surface area contributed by atoms with Crippen LogP contribution in [-0.2, 0) is 19.8 Å². The van der Waals surface area contributed by atoms with Crippen molar-refractivity contribution in [2.75, 3.05) is 20.1 Å². The molecule has 2 aromatic rings. The number of carbonyl (C=O) groups excluding carboxylic acids is 1. The van der Waals surface area contributed by atoms with Crippen LogP contribution in [0.4, 0.5) is 0 Å². The van der Waals surface area contributed by atoms with E-state index in [-0.39, 0.29) is 5.41 Å². The van der Waals surface area contributed by atoms with Gasteiger partial charge in [-0.3, -0.25) is 4.79 Å². The Labute approximate surface area is 187 Å². The molecule has 0 aromatic heterocycles. The molecule has 1 aliphatic heterocycles. The lowest BCUT2D eigenvalue weighted by atomic mass is 9.68. The van der Waals surface area contributed by atoms with Crippen LogP contribution in [0, 0.1) is 0 Å². The highest BCUT2D eigenvalue weighted by molar-refractivity contribution is 7.99. The van der Waals surface area contributed by atoms with Gasteiger partial charge in [-0.15, -0.1) is 0 Å². The van der Waals surface area contributed by atoms with Gasteiger partial charge in [0.15, 0.2) is 0 Å². The maximum Gasteiger partial charge on any atom is 0.414 e. The number of nitrogens with zero attached hydrogens (tertiary/aromatic N) is 1. The number of benzene rings is 2. The zero-order valence-electron chi connectivity index (χ0n) is 17.9. The Balaban J connectivity index is 0.000000501. The van der Waals surface area contributed by atoms with Gasteiger partial charge in [0.2, 0.25) is 0 Å². The molecular formula is C24H29NO5S. The third-order valence-corrected chi connectivity index (χ3v) is 6.49. The summed E-state index contributed by atoms with van der Waals surface area (Å²) >= 11 is 1.78.